The van der Waals surface area contributed by atoms with Gasteiger partial charge in [-0.25, -0.2) is 4.79 Å². The van der Waals surface area contributed by atoms with Gasteiger partial charge in [0.15, 0.2) is 16.9 Å². The van der Waals surface area contributed by atoms with Crippen molar-refractivity contribution in [1.82, 2.24) is 14.5 Å². The summed E-state index contributed by atoms with van der Waals surface area (Å²) in [6.07, 6.45) is 3.76. The van der Waals surface area contributed by atoms with Crippen LogP contribution in [-0.2, 0) is 11.3 Å². The summed E-state index contributed by atoms with van der Waals surface area (Å²) in [5.74, 6) is -2.10. The number of nitrogens with one attached hydrogen (secondary N) is 2. The molecule has 0 saturated carbocycles. The monoisotopic (exact) mass is 633 g/mol. The zero-order valence-corrected chi connectivity index (χ0v) is 23.9. The van der Waals surface area contributed by atoms with E-state index < -0.39 is 28.7 Å². The van der Waals surface area contributed by atoms with Gasteiger partial charge in [0.1, 0.15) is 34.5 Å². The lowest BCUT2D eigenvalue weighted by molar-refractivity contribution is 0.0517. The molecule has 0 spiro atoms. The molecule has 3 aromatic carbocycles. The van der Waals surface area contributed by atoms with Gasteiger partial charge < -0.3 is 39.7 Å². The first kappa shape index (κ1) is 31.6. The van der Waals surface area contributed by atoms with Crippen LogP contribution in [-0.4, -0.2) is 46.7 Å². The first-order valence-electron chi connectivity index (χ1n) is 13.9. The smallest absolute Gasteiger partial charge is 0.330 e. The molecule has 238 valence electrons. The number of aromatic nitrogens is 3. The van der Waals surface area contributed by atoms with Crippen molar-refractivity contribution in [2.24, 2.45) is 0 Å². The maximum atomic E-state index is 12.9. The van der Waals surface area contributed by atoms with E-state index in [4.69, 9.17) is 14.3 Å². The number of aliphatic hydroxyl groups is 1. The Bertz CT molecular complexity index is 2200. The minimum absolute atomic E-state index is 0.0163. The van der Waals surface area contributed by atoms with E-state index >= 15 is 0 Å². The molecule has 13 nitrogen and oxygen atoms in total. The number of halogens is 1. The van der Waals surface area contributed by atoms with Gasteiger partial charge in [0.25, 0.3) is 5.56 Å². The van der Waals surface area contributed by atoms with Crippen LogP contribution in [0.3, 0.4) is 0 Å². The standard InChI is InChI=1S/C15H10O6.C9H9NO.C8H9FN2O3/c16-8-4-11(19)15-12(20)6-13(21-14(15)5-8)7-1-2-9(17)10(18)3-7;11-6-7-5-10-9-4-2-1-3-8(7)9;9-5-4-11(6-2-1-3-14-6)8(13)10-7(5)12/h1-6,16-19H;1-5,10-11H,6H2;4,6H,1-3H2,(H,10,12,13). The van der Waals surface area contributed by atoms with Crippen molar-refractivity contribution in [2.75, 3.05) is 6.61 Å². The predicted octanol–water partition coefficient (Wildman–Crippen LogP) is 3.93. The van der Waals surface area contributed by atoms with Crippen LogP contribution in [0.5, 0.6) is 23.0 Å². The van der Waals surface area contributed by atoms with Gasteiger partial charge in [-0.1, -0.05) is 18.2 Å². The lowest BCUT2D eigenvalue weighted by Crippen LogP contribution is -2.33. The highest BCUT2D eigenvalue weighted by molar-refractivity contribution is 5.86. The second-order valence-electron chi connectivity index (χ2n) is 10.1. The van der Waals surface area contributed by atoms with Crippen molar-refractivity contribution >= 4 is 21.9 Å². The number of para-hydroxylation sites is 1. The van der Waals surface area contributed by atoms with E-state index in [1.807, 2.05) is 35.4 Å². The average molecular weight is 634 g/mol. The maximum Gasteiger partial charge on any atom is 0.330 e. The van der Waals surface area contributed by atoms with Gasteiger partial charge in [-0.05, 0) is 37.1 Å². The summed E-state index contributed by atoms with van der Waals surface area (Å²) >= 11 is 0. The zero-order chi connectivity index (χ0) is 33.0. The van der Waals surface area contributed by atoms with Crippen molar-refractivity contribution in [3.8, 4) is 34.3 Å². The van der Waals surface area contributed by atoms with Gasteiger partial charge >= 0.3 is 5.69 Å². The van der Waals surface area contributed by atoms with E-state index in [9.17, 15) is 39.2 Å². The lowest BCUT2D eigenvalue weighted by atomic mass is 10.1. The number of fused-ring (bicyclic) bond motifs is 2. The number of hydrogen-bond acceptors (Lipinski definition) is 10. The summed E-state index contributed by atoms with van der Waals surface area (Å²) in [5, 5.41) is 47.9. The molecular formula is C32H28FN3O10. The summed E-state index contributed by atoms with van der Waals surface area (Å²) in [7, 11) is 0. The fraction of sp³-hybridized carbons (Fsp3) is 0.156. The van der Waals surface area contributed by atoms with Crippen LogP contribution >= 0.6 is 0 Å². The molecule has 6 aromatic rings. The Morgan fingerprint density at radius 3 is 2.43 bits per heavy atom. The number of aliphatic hydroxyl groups excluding tert-OH is 1. The molecule has 0 aliphatic carbocycles. The lowest BCUT2D eigenvalue weighted by Gasteiger charge is -2.11. The number of H-pyrrole nitrogens is 2. The van der Waals surface area contributed by atoms with Crippen LogP contribution in [0.2, 0.25) is 0 Å². The second-order valence-corrected chi connectivity index (χ2v) is 10.1. The SMILES string of the molecule is O=c1[nH]c(=O)n(C2CCCO2)cc1F.O=c1cc(-c2ccc(O)c(O)c2)oc2cc(O)cc(O)c12.OCc1c[nH]c2ccccc12. The van der Waals surface area contributed by atoms with Crippen molar-refractivity contribution in [3.63, 3.8) is 0 Å². The number of aromatic hydroxyl groups is 4. The van der Waals surface area contributed by atoms with Gasteiger partial charge in [-0.2, -0.15) is 4.39 Å². The van der Waals surface area contributed by atoms with E-state index in [-0.39, 0.29) is 46.3 Å². The molecule has 46 heavy (non-hydrogen) atoms. The van der Waals surface area contributed by atoms with Gasteiger partial charge in [0.05, 0.1) is 12.8 Å². The summed E-state index contributed by atoms with van der Waals surface area (Å²) in [6, 6.07) is 15.3. The molecule has 1 fully saturated rings. The largest absolute Gasteiger partial charge is 0.508 e. The fourth-order valence-corrected chi connectivity index (χ4v) is 4.79. The van der Waals surface area contributed by atoms with Crippen LogP contribution in [0.15, 0.2) is 91.9 Å². The first-order valence-corrected chi connectivity index (χ1v) is 13.9. The van der Waals surface area contributed by atoms with E-state index in [0.717, 1.165) is 45.8 Å². The van der Waals surface area contributed by atoms with Gasteiger partial charge in [0.2, 0.25) is 5.82 Å². The van der Waals surface area contributed by atoms with Gasteiger partial charge in [-0.3, -0.25) is 19.1 Å². The normalized spacial score (nSPS) is 14.0. The maximum absolute atomic E-state index is 12.9. The summed E-state index contributed by atoms with van der Waals surface area (Å²) < 4.78 is 24.6. The number of phenols is 4. The molecule has 14 heteroatoms. The van der Waals surface area contributed by atoms with Crippen LogP contribution in [0, 0.1) is 5.82 Å². The van der Waals surface area contributed by atoms with Crippen molar-refractivity contribution in [3.05, 3.63) is 115 Å². The van der Waals surface area contributed by atoms with E-state index in [1.165, 1.54) is 24.3 Å². The Kier molecular flexibility index (Phi) is 9.21. The quantitative estimate of drug-likeness (QED) is 0.140. The summed E-state index contributed by atoms with van der Waals surface area (Å²) in [5.41, 5.74) is 0.302. The third-order valence-corrected chi connectivity index (χ3v) is 7.04. The fourth-order valence-electron chi connectivity index (χ4n) is 4.79. The highest BCUT2D eigenvalue weighted by Gasteiger charge is 2.19. The molecule has 0 bridgehead atoms. The van der Waals surface area contributed by atoms with Crippen LogP contribution in [0.1, 0.15) is 24.6 Å². The van der Waals surface area contributed by atoms with Gasteiger partial charge in [0, 0.05) is 53.0 Å². The molecule has 0 amide bonds. The number of aromatic amines is 2. The van der Waals surface area contributed by atoms with Crippen molar-refractivity contribution in [2.45, 2.75) is 25.7 Å². The molecule has 7 N–H and O–H groups in total. The van der Waals surface area contributed by atoms with Gasteiger partial charge in [-0.15, -0.1) is 0 Å². The van der Waals surface area contributed by atoms with E-state index in [2.05, 4.69) is 4.98 Å². The number of rotatable bonds is 3. The van der Waals surface area contributed by atoms with Crippen molar-refractivity contribution < 1.29 is 39.1 Å². The molecule has 1 saturated heterocycles. The topological polar surface area (TPSA) is 211 Å². The Balaban J connectivity index is 0.000000144. The number of hydrogen-bond donors (Lipinski definition) is 7. The minimum Gasteiger partial charge on any atom is -0.508 e. The molecule has 7 rings (SSSR count). The molecule has 4 heterocycles. The molecular weight excluding hydrogens is 605 g/mol. The Labute approximate surface area is 257 Å². The number of ether oxygens (including phenoxy) is 1. The number of benzene rings is 3. The zero-order valence-electron chi connectivity index (χ0n) is 23.9. The summed E-state index contributed by atoms with van der Waals surface area (Å²) in [4.78, 5) is 39.0. The predicted molar refractivity (Wildman–Crippen MR) is 164 cm³/mol. The molecule has 1 unspecified atom stereocenters. The van der Waals surface area contributed by atoms with Crippen LogP contribution in [0.4, 0.5) is 4.39 Å². The van der Waals surface area contributed by atoms with E-state index in [1.54, 1.807) is 0 Å². The molecule has 1 atom stereocenters. The highest BCUT2D eigenvalue weighted by Crippen LogP contribution is 2.33. The molecule has 1 aliphatic heterocycles. The third kappa shape index (κ3) is 6.77. The Morgan fingerprint density at radius 1 is 0.935 bits per heavy atom. The molecule has 3 aromatic heterocycles. The van der Waals surface area contributed by atoms with E-state index in [0.29, 0.717) is 18.6 Å². The van der Waals surface area contributed by atoms with Crippen LogP contribution in [0.25, 0.3) is 33.2 Å². The Hall–Kier alpha value is -5.86. The first-order chi connectivity index (χ1) is 22.0. The molecule has 1 aliphatic rings. The number of phenolic OH excluding ortho intramolecular Hbond substituents is 4. The summed E-state index contributed by atoms with van der Waals surface area (Å²) in [6.45, 7) is 0.655. The van der Waals surface area contributed by atoms with Crippen molar-refractivity contribution in [1.29, 1.82) is 0 Å². The highest BCUT2D eigenvalue weighted by atomic mass is 19.1. The minimum atomic E-state index is -0.996. The Morgan fingerprint density at radius 2 is 1.72 bits per heavy atom. The van der Waals surface area contributed by atoms with Crippen LogP contribution < -0.4 is 16.7 Å². The third-order valence-electron chi connectivity index (χ3n) is 7.04. The second kappa shape index (κ2) is 13.4. The molecule has 0 radical (unpaired) electrons. The average Bonchev–Trinajstić information content (AvgIpc) is 3.71. The number of nitrogens with zero attached hydrogens (tertiary/aromatic N) is 1.